The maximum Gasteiger partial charge on any atom is 0.330 e. The van der Waals surface area contributed by atoms with E-state index >= 15 is 0 Å². The predicted octanol–water partition coefficient (Wildman–Crippen LogP) is 2.61. The molecule has 4 unspecified atom stereocenters. The fraction of sp³-hybridized carbons (Fsp3) is 0.500. The maximum absolute atomic E-state index is 13.0. The minimum atomic E-state index is -1.83. The SMILES string of the molecule is CC(=O)OCC1(CBr)SC2C(NC(=O)Cc3ccccc3)C(=O)N2C1C(=O)OCC(Cl)(Cl)Cl. The summed E-state index contributed by atoms with van der Waals surface area (Å²) in [6.07, 6.45) is 0.105. The second-order valence-corrected chi connectivity index (χ2v) is 12.2. The molecule has 2 amide bonds. The molecule has 1 aromatic carbocycles. The smallest absolute Gasteiger partial charge is 0.330 e. The molecule has 8 nitrogen and oxygen atoms in total. The van der Waals surface area contributed by atoms with Crippen LogP contribution in [0.25, 0.3) is 0 Å². The van der Waals surface area contributed by atoms with Crippen molar-refractivity contribution in [1.82, 2.24) is 10.2 Å². The molecule has 2 saturated heterocycles. The number of fused-ring (bicyclic) bond motifs is 1. The summed E-state index contributed by atoms with van der Waals surface area (Å²) in [4.78, 5) is 51.2. The van der Waals surface area contributed by atoms with Crippen LogP contribution >= 0.6 is 62.5 Å². The summed E-state index contributed by atoms with van der Waals surface area (Å²) >= 11 is 21.7. The molecule has 0 bridgehead atoms. The monoisotopic (exact) mass is 600 g/mol. The van der Waals surface area contributed by atoms with Crippen molar-refractivity contribution in [1.29, 1.82) is 0 Å². The summed E-state index contributed by atoms with van der Waals surface area (Å²) < 4.78 is 7.47. The third kappa shape index (κ3) is 6.08. The molecule has 4 atom stereocenters. The number of benzene rings is 1. The Labute approximate surface area is 218 Å². The highest BCUT2D eigenvalue weighted by Gasteiger charge is 2.67. The van der Waals surface area contributed by atoms with Gasteiger partial charge in [0.15, 0.2) is 0 Å². The minimum absolute atomic E-state index is 0.105. The highest BCUT2D eigenvalue weighted by Crippen LogP contribution is 2.52. The molecule has 2 aliphatic rings. The number of carbonyl (C=O) groups is 4. The van der Waals surface area contributed by atoms with Crippen LogP contribution in [0.1, 0.15) is 12.5 Å². The number of nitrogens with zero attached hydrogens (tertiary/aromatic N) is 1. The normalized spacial score (nSPS) is 26.3. The summed E-state index contributed by atoms with van der Waals surface area (Å²) in [5.41, 5.74) is 0.801. The van der Waals surface area contributed by atoms with Gasteiger partial charge in [-0.05, 0) is 5.56 Å². The number of hydrogen-bond acceptors (Lipinski definition) is 7. The fourth-order valence-electron chi connectivity index (χ4n) is 3.62. The molecule has 33 heavy (non-hydrogen) atoms. The van der Waals surface area contributed by atoms with Crippen LogP contribution in [0.2, 0.25) is 0 Å². The van der Waals surface area contributed by atoms with E-state index in [0.717, 1.165) is 5.56 Å². The highest BCUT2D eigenvalue weighted by atomic mass is 79.9. The van der Waals surface area contributed by atoms with Crippen molar-refractivity contribution in [3.05, 3.63) is 35.9 Å². The van der Waals surface area contributed by atoms with Gasteiger partial charge in [0, 0.05) is 12.3 Å². The number of alkyl halides is 4. The van der Waals surface area contributed by atoms with Crippen LogP contribution in [0.4, 0.5) is 0 Å². The van der Waals surface area contributed by atoms with Crippen LogP contribution in [-0.2, 0) is 35.1 Å². The zero-order chi connectivity index (χ0) is 24.4. The molecular weight excluding hydrogens is 583 g/mol. The summed E-state index contributed by atoms with van der Waals surface area (Å²) in [6.45, 7) is 0.550. The quantitative estimate of drug-likeness (QED) is 0.277. The molecule has 0 saturated carbocycles. The largest absolute Gasteiger partial charge is 0.464 e. The van der Waals surface area contributed by atoms with Crippen molar-refractivity contribution in [2.24, 2.45) is 0 Å². The van der Waals surface area contributed by atoms with Crippen molar-refractivity contribution in [2.45, 2.75) is 39.3 Å². The van der Waals surface area contributed by atoms with E-state index in [1.807, 2.05) is 30.3 Å². The molecule has 13 heteroatoms. The van der Waals surface area contributed by atoms with Gasteiger partial charge in [0.1, 0.15) is 30.7 Å². The van der Waals surface area contributed by atoms with E-state index in [9.17, 15) is 19.2 Å². The number of thioether (sulfide) groups is 1. The first kappa shape index (κ1) is 26.4. The van der Waals surface area contributed by atoms with Gasteiger partial charge < -0.3 is 19.7 Å². The Morgan fingerprint density at radius 1 is 1.21 bits per heavy atom. The average molecular weight is 603 g/mol. The van der Waals surface area contributed by atoms with Gasteiger partial charge in [0.2, 0.25) is 15.6 Å². The Morgan fingerprint density at radius 3 is 2.45 bits per heavy atom. The Morgan fingerprint density at radius 2 is 1.88 bits per heavy atom. The molecule has 2 fully saturated rings. The number of rotatable bonds is 8. The summed E-state index contributed by atoms with van der Waals surface area (Å²) in [6, 6.07) is 7.14. The first-order valence-corrected chi connectivity index (χ1v) is 12.9. The lowest BCUT2D eigenvalue weighted by molar-refractivity contribution is -0.165. The van der Waals surface area contributed by atoms with Gasteiger partial charge in [-0.25, -0.2) is 4.79 Å². The Balaban J connectivity index is 1.78. The summed E-state index contributed by atoms with van der Waals surface area (Å²) in [5.74, 6) is -2.12. The van der Waals surface area contributed by atoms with Gasteiger partial charge in [-0.3, -0.25) is 14.4 Å². The number of ether oxygens (including phenoxy) is 2. The van der Waals surface area contributed by atoms with Crippen LogP contribution in [0, 0.1) is 0 Å². The van der Waals surface area contributed by atoms with E-state index in [4.69, 9.17) is 44.3 Å². The van der Waals surface area contributed by atoms with Crippen LogP contribution < -0.4 is 5.32 Å². The molecule has 2 heterocycles. The lowest BCUT2D eigenvalue weighted by atomic mass is 9.94. The molecule has 0 spiro atoms. The van der Waals surface area contributed by atoms with Gasteiger partial charge in [-0.15, -0.1) is 11.8 Å². The number of hydrogen-bond donors (Lipinski definition) is 1. The molecule has 180 valence electrons. The molecule has 0 aliphatic carbocycles. The van der Waals surface area contributed by atoms with Crippen LogP contribution in [-0.4, -0.2) is 73.2 Å². The lowest BCUT2D eigenvalue weighted by Crippen LogP contribution is -2.71. The van der Waals surface area contributed by atoms with E-state index in [1.54, 1.807) is 0 Å². The lowest BCUT2D eigenvalue weighted by Gasteiger charge is -2.44. The number of β-lactam (4-membered cyclic amide) rings is 1. The van der Waals surface area contributed by atoms with Gasteiger partial charge >= 0.3 is 11.9 Å². The number of carbonyl (C=O) groups excluding carboxylic acids is 4. The first-order valence-electron chi connectivity index (χ1n) is 9.73. The second kappa shape index (κ2) is 10.6. The zero-order valence-corrected chi connectivity index (χ0v) is 21.9. The Bertz CT molecular complexity index is 934. The van der Waals surface area contributed by atoms with E-state index in [-0.39, 0.29) is 24.3 Å². The van der Waals surface area contributed by atoms with Gasteiger partial charge in [-0.2, -0.15) is 0 Å². The third-order valence-corrected chi connectivity index (χ3v) is 8.48. The molecule has 0 aromatic heterocycles. The van der Waals surface area contributed by atoms with Gasteiger partial charge in [-0.1, -0.05) is 81.1 Å². The number of amides is 2. The van der Waals surface area contributed by atoms with Crippen LogP contribution in [0.5, 0.6) is 0 Å². The number of halogens is 4. The fourth-order valence-corrected chi connectivity index (χ4v) is 6.32. The Kier molecular flexibility index (Phi) is 8.48. The van der Waals surface area contributed by atoms with Crippen LogP contribution in [0.3, 0.4) is 0 Å². The molecule has 3 rings (SSSR count). The minimum Gasteiger partial charge on any atom is -0.464 e. The standard InChI is InChI=1S/C20H20BrCl3N2O6S/c1-11(27)31-9-19(8-21)15(18(30)32-10-20(22,23)24)26-16(29)14(17(26)33-19)25-13(28)7-12-5-3-2-4-6-12/h2-6,14-15,17H,7-10H2,1H3,(H,25,28). The van der Waals surface area contributed by atoms with Crippen molar-refractivity contribution in [3.8, 4) is 0 Å². The molecule has 2 aliphatic heterocycles. The third-order valence-electron chi connectivity index (χ3n) is 5.08. The first-order chi connectivity index (χ1) is 15.5. The van der Waals surface area contributed by atoms with Crippen LogP contribution in [0.15, 0.2) is 30.3 Å². The topological polar surface area (TPSA) is 102 Å². The van der Waals surface area contributed by atoms with Crippen molar-refractivity contribution < 1.29 is 28.7 Å². The van der Waals surface area contributed by atoms with Crippen molar-refractivity contribution >= 4 is 86.2 Å². The molecule has 1 N–H and O–H groups in total. The predicted molar refractivity (Wildman–Crippen MR) is 128 cm³/mol. The van der Waals surface area contributed by atoms with Crippen molar-refractivity contribution in [3.63, 3.8) is 0 Å². The van der Waals surface area contributed by atoms with E-state index in [0.29, 0.717) is 0 Å². The van der Waals surface area contributed by atoms with E-state index < -0.39 is 50.4 Å². The molecule has 0 radical (unpaired) electrons. The van der Waals surface area contributed by atoms with E-state index in [1.165, 1.54) is 23.6 Å². The maximum atomic E-state index is 13.0. The molecular formula is C20H20BrCl3N2O6S. The summed E-state index contributed by atoms with van der Waals surface area (Å²) in [5, 5.41) is 2.37. The molecule has 1 aromatic rings. The average Bonchev–Trinajstić information content (AvgIpc) is 3.06. The van der Waals surface area contributed by atoms with Gasteiger partial charge in [0.25, 0.3) is 0 Å². The summed E-state index contributed by atoms with van der Waals surface area (Å²) in [7, 11) is 0. The zero-order valence-electron chi connectivity index (χ0n) is 17.3. The van der Waals surface area contributed by atoms with Crippen molar-refractivity contribution in [2.75, 3.05) is 18.5 Å². The second-order valence-electron chi connectivity index (χ2n) is 7.57. The Hall–Kier alpha value is -1.20. The highest BCUT2D eigenvalue weighted by molar-refractivity contribution is 9.09. The van der Waals surface area contributed by atoms with Gasteiger partial charge in [0.05, 0.1) is 11.2 Å². The number of nitrogens with one attached hydrogen (secondary N) is 1. The number of esters is 2. The van der Waals surface area contributed by atoms with E-state index in [2.05, 4.69) is 21.2 Å².